The van der Waals surface area contributed by atoms with Gasteiger partial charge in [-0.05, 0) is 20.8 Å². The van der Waals surface area contributed by atoms with Crippen LogP contribution in [0.3, 0.4) is 0 Å². The molecule has 0 aliphatic carbocycles. The van der Waals surface area contributed by atoms with Gasteiger partial charge in [-0.15, -0.1) is 9.24 Å². The van der Waals surface area contributed by atoms with E-state index in [0.29, 0.717) is 4.99 Å². The third-order valence-electron chi connectivity index (χ3n) is 0.699. The van der Waals surface area contributed by atoms with Gasteiger partial charge >= 0.3 is 0 Å². The molecule has 0 aliphatic rings. The normalized spacial score (nSPS) is 15.7. The van der Waals surface area contributed by atoms with Crippen LogP contribution in [-0.2, 0) is 0 Å². The van der Waals surface area contributed by atoms with Crippen molar-refractivity contribution >= 4 is 21.0 Å². The van der Waals surface area contributed by atoms with Crippen molar-refractivity contribution in [2.45, 2.75) is 31.4 Å². The Balaban J connectivity index is 3.28. The molecule has 0 amide bonds. The van der Waals surface area contributed by atoms with Crippen LogP contribution < -0.4 is 0 Å². The first-order chi connectivity index (χ1) is 3.92. The zero-order valence-corrected chi connectivity index (χ0v) is 8.19. The first kappa shape index (κ1) is 9.74. The Kier molecular flexibility index (Phi) is 4.11. The van der Waals surface area contributed by atoms with Gasteiger partial charge in [-0.25, -0.2) is 0 Å². The number of hydrogen-bond donors (Lipinski definition) is 1. The Bertz CT molecular complexity index is 77.6. The lowest BCUT2D eigenvalue weighted by Crippen LogP contribution is -2.22. The maximum atomic E-state index is 9.24. The van der Waals surface area contributed by atoms with Crippen LogP contribution >= 0.6 is 21.0 Å². The minimum atomic E-state index is -0.518. The van der Waals surface area contributed by atoms with E-state index in [-0.39, 0.29) is 0 Å². The quantitative estimate of drug-likeness (QED) is 0.644. The van der Waals surface area contributed by atoms with Crippen LogP contribution in [0, 0.1) is 0 Å². The van der Waals surface area contributed by atoms with E-state index >= 15 is 0 Å². The van der Waals surface area contributed by atoms with Crippen molar-refractivity contribution < 1.29 is 5.11 Å². The largest absolute Gasteiger partial charge is 0.390 e. The summed E-state index contributed by atoms with van der Waals surface area (Å²) in [5, 5.41) is 9.24. The van der Waals surface area contributed by atoms with Gasteiger partial charge in [0.2, 0.25) is 0 Å². The zero-order chi connectivity index (χ0) is 7.49. The van der Waals surface area contributed by atoms with E-state index in [2.05, 4.69) is 16.2 Å². The molecule has 0 bridgehead atoms. The van der Waals surface area contributed by atoms with E-state index < -0.39 is 5.60 Å². The summed E-state index contributed by atoms with van der Waals surface area (Å²) in [5.41, 5.74) is -0.518. The van der Waals surface area contributed by atoms with Crippen molar-refractivity contribution in [1.29, 1.82) is 0 Å². The van der Waals surface area contributed by atoms with E-state index in [0.717, 1.165) is 5.75 Å². The summed E-state index contributed by atoms with van der Waals surface area (Å²) in [4.78, 5) is 0.538. The second kappa shape index (κ2) is 3.80. The molecule has 0 saturated carbocycles. The molecule has 0 radical (unpaired) electrons. The fraction of sp³-hybridized carbons (Fsp3) is 1.00. The summed E-state index contributed by atoms with van der Waals surface area (Å²) in [7, 11) is 2.69. The molecule has 2 unspecified atom stereocenters. The van der Waals surface area contributed by atoms with Gasteiger partial charge in [0.1, 0.15) is 0 Å². The number of aliphatic hydroxyl groups is 1. The van der Waals surface area contributed by atoms with Gasteiger partial charge in [-0.2, -0.15) is 11.8 Å². The molecule has 0 rings (SSSR count). The molecule has 0 saturated heterocycles. The maximum absolute atomic E-state index is 9.24. The second-order valence-corrected chi connectivity index (χ2v) is 5.68. The van der Waals surface area contributed by atoms with Crippen LogP contribution in [0.5, 0.6) is 0 Å². The average molecular weight is 166 g/mol. The third-order valence-corrected chi connectivity index (χ3v) is 2.68. The van der Waals surface area contributed by atoms with Crippen molar-refractivity contribution in [3.8, 4) is 0 Å². The van der Waals surface area contributed by atoms with E-state index in [4.69, 9.17) is 0 Å². The van der Waals surface area contributed by atoms with E-state index in [1.54, 1.807) is 11.8 Å². The number of hydrogen-bond acceptors (Lipinski definition) is 2. The average Bonchev–Trinajstić information content (AvgIpc) is 1.59. The standard InChI is InChI=1S/C6H15OPS/c1-5(8)9-4-6(2,3)7/h5,7H,4,8H2,1-3H3. The Labute approximate surface area is 63.8 Å². The van der Waals surface area contributed by atoms with Crippen LogP contribution in [0.4, 0.5) is 0 Å². The van der Waals surface area contributed by atoms with E-state index in [1.807, 2.05) is 13.8 Å². The SMILES string of the molecule is CC(P)SCC(C)(C)O. The predicted molar refractivity (Wildman–Crippen MR) is 47.9 cm³/mol. The minimum Gasteiger partial charge on any atom is -0.390 e. The van der Waals surface area contributed by atoms with Gasteiger partial charge in [0.25, 0.3) is 0 Å². The molecule has 2 atom stereocenters. The highest BCUT2D eigenvalue weighted by Gasteiger charge is 2.12. The summed E-state index contributed by atoms with van der Waals surface area (Å²) in [6, 6.07) is 0. The monoisotopic (exact) mass is 166 g/mol. The van der Waals surface area contributed by atoms with Crippen molar-refractivity contribution in [1.82, 2.24) is 0 Å². The summed E-state index contributed by atoms with van der Waals surface area (Å²) < 4.78 is 0. The molecule has 1 N–H and O–H groups in total. The lowest BCUT2D eigenvalue weighted by molar-refractivity contribution is 0.107. The Morgan fingerprint density at radius 3 is 2.22 bits per heavy atom. The van der Waals surface area contributed by atoms with Gasteiger partial charge in [0.05, 0.1) is 5.60 Å². The molecule has 3 heteroatoms. The van der Waals surface area contributed by atoms with Gasteiger partial charge in [-0.1, -0.05) is 0 Å². The predicted octanol–water partition coefficient (Wildman–Crippen LogP) is 1.71. The number of thioether (sulfide) groups is 1. The van der Waals surface area contributed by atoms with Gasteiger partial charge in [0.15, 0.2) is 0 Å². The first-order valence-electron chi connectivity index (χ1n) is 3.01. The molecule has 9 heavy (non-hydrogen) atoms. The molecule has 0 spiro atoms. The lowest BCUT2D eigenvalue weighted by atomic mass is 10.2. The molecule has 0 fully saturated rings. The Hall–Kier alpha value is 0.740. The molecular formula is C6H15OPS. The van der Waals surface area contributed by atoms with E-state index in [9.17, 15) is 5.11 Å². The highest BCUT2D eigenvalue weighted by Crippen LogP contribution is 2.20. The Morgan fingerprint density at radius 1 is 1.67 bits per heavy atom. The van der Waals surface area contributed by atoms with Crippen molar-refractivity contribution in [3.63, 3.8) is 0 Å². The second-order valence-electron chi connectivity index (χ2n) is 2.83. The van der Waals surface area contributed by atoms with Crippen molar-refractivity contribution in [2.75, 3.05) is 5.75 Å². The topological polar surface area (TPSA) is 20.2 Å². The molecule has 0 heterocycles. The third kappa shape index (κ3) is 8.74. The molecule has 0 aromatic heterocycles. The van der Waals surface area contributed by atoms with Gasteiger partial charge in [-0.3, -0.25) is 0 Å². The van der Waals surface area contributed by atoms with Crippen LogP contribution in [0.15, 0.2) is 0 Å². The summed E-state index contributed by atoms with van der Waals surface area (Å²) in [6.07, 6.45) is 0. The molecule has 1 nitrogen and oxygen atoms in total. The minimum absolute atomic E-state index is 0.518. The maximum Gasteiger partial charge on any atom is 0.0682 e. The molecule has 56 valence electrons. The first-order valence-corrected chi connectivity index (χ1v) is 4.73. The summed E-state index contributed by atoms with van der Waals surface area (Å²) in [5.74, 6) is 0.803. The van der Waals surface area contributed by atoms with Gasteiger partial charge < -0.3 is 5.11 Å². The van der Waals surface area contributed by atoms with Gasteiger partial charge in [0, 0.05) is 10.7 Å². The smallest absolute Gasteiger partial charge is 0.0682 e. The van der Waals surface area contributed by atoms with Crippen molar-refractivity contribution in [3.05, 3.63) is 0 Å². The summed E-state index contributed by atoms with van der Waals surface area (Å²) in [6.45, 7) is 5.75. The zero-order valence-electron chi connectivity index (χ0n) is 6.22. The number of rotatable bonds is 3. The molecule has 0 aliphatic heterocycles. The van der Waals surface area contributed by atoms with Crippen LogP contribution in [0.2, 0.25) is 0 Å². The Morgan fingerprint density at radius 2 is 2.11 bits per heavy atom. The van der Waals surface area contributed by atoms with Crippen LogP contribution in [0.25, 0.3) is 0 Å². The highest BCUT2D eigenvalue weighted by atomic mass is 32.2. The van der Waals surface area contributed by atoms with Crippen LogP contribution in [0.1, 0.15) is 20.8 Å². The lowest BCUT2D eigenvalue weighted by Gasteiger charge is -2.17. The molecule has 0 aromatic rings. The summed E-state index contributed by atoms with van der Waals surface area (Å²) >= 11 is 1.75. The van der Waals surface area contributed by atoms with Crippen molar-refractivity contribution in [2.24, 2.45) is 0 Å². The van der Waals surface area contributed by atoms with Crippen LogP contribution in [-0.4, -0.2) is 21.5 Å². The highest BCUT2D eigenvalue weighted by molar-refractivity contribution is 8.03. The van der Waals surface area contributed by atoms with E-state index in [1.165, 1.54) is 0 Å². The fourth-order valence-corrected chi connectivity index (χ4v) is 1.29. The molecular weight excluding hydrogens is 151 g/mol. The fourth-order valence-electron chi connectivity index (χ4n) is 0.335. The molecule has 0 aromatic carbocycles.